The summed E-state index contributed by atoms with van der Waals surface area (Å²) in [4.78, 5) is 29.3. The van der Waals surface area contributed by atoms with E-state index < -0.39 is 4.92 Å². The number of aromatic nitrogens is 1. The van der Waals surface area contributed by atoms with Gasteiger partial charge in [0.1, 0.15) is 12.0 Å². The molecule has 0 amide bonds. The number of nitro groups is 1. The molecular weight excluding hydrogens is 322 g/mol. The molecular formula is C18H23N3O4. The highest BCUT2D eigenvalue weighted by molar-refractivity contribution is 5.75. The molecule has 25 heavy (non-hydrogen) atoms. The van der Waals surface area contributed by atoms with E-state index in [1.165, 1.54) is 12.3 Å². The maximum Gasteiger partial charge on any atom is 0.309 e. The minimum absolute atomic E-state index is 0.0194. The summed E-state index contributed by atoms with van der Waals surface area (Å²) in [7, 11) is 0. The molecule has 1 aromatic rings. The van der Waals surface area contributed by atoms with Crippen molar-refractivity contribution in [2.24, 2.45) is 11.3 Å². The van der Waals surface area contributed by atoms with Crippen LogP contribution in [0, 0.1) is 21.4 Å². The third kappa shape index (κ3) is 2.56. The van der Waals surface area contributed by atoms with Crippen molar-refractivity contribution in [1.29, 1.82) is 0 Å². The molecule has 2 aliphatic heterocycles. The van der Waals surface area contributed by atoms with Crippen LogP contribution in [0.3, 0.4) is 0 Å². The molecule has 1 aliphatic carbocycles. The quantitative estimate of drug-likeness (QED) is 0.473. The largest absolute Gasteiger partial charge is 0.466 e. The lowest BCUT2D eigenvalue weighted by molar-refractivity contribution is -0.385. The van der Waals surface area contributed by atoms with Crippen LogP contribution in [0.15, 0.2) is 18.3 Å². The third-order valence-electron chi connectivity index (χ3n) is 6.35. The normalized spacial score (nSPS) is 33.2. The van der Waals surface area contributed by atoms with Crippen molar-refractivity contribution in [1.82, 2.24) is 4.98 Å². The second-order valence-electron chi connectivity index (χ2n) is 7.54. The third-order valence-corrected chi connectivity index (χ3v) is 6.35. The summed E-state index contributed by atoms with van der Waals surface area (Å²) in [5.41, 5.74) is 0.112. The average Bonchev–Trinajstić information content (AvgIpc) is 2.84. The van der Waals surface area contributed by atoms with Gasteiger partial charge < -0.3 is 9.64 Å². The number of carbonyl (C=O) groups is 1. The fourth-order valence-corrected chi connectivity index (χ4v) is 5.19. The number of ether oxygens (including phenoxy) is 1. The van der Waals surface area contributed by atoms with E-state index in [1.54, 1.807) is 6.07 Å². The predicted molar refractivity (Wildman–Crippen MR) is 91.2 cm³/mol. The lowest BCUT2D eigenvalue weighted by Gasteiger charge is -2.55. The number of rotatable bonds is 4. The highest BCUT2D eigenvalue weighted by atomic mass is 16.6. The van der Waals surface area contributed by atoms with E-state index in [0.717, 1.165) is 44.3 Å². The van der Waals surface area contributed by atoms with Gasteiger partial charge in [0.25, 0.3) is 5.69 Å². The maximum atomic E-state index is 12.3. The van der Waals surface area contributed by atoms with Gasteiger partial charge in [0.15, 0.2) is 0 Å². The van der Waals surface area contributed by atoms with Crippen LogP contribution in [0.1, 0.15) is 45.4 Å². The Hall–Kier alpha value is -2.18. The van der Waals surface area contributed by atoms with E-state index in [-0.39, 0.29) is 23.0 Å². The highest BCUT2D eigenvalue weighted by Gasteiger charge is 2.58. The Morgan fingerprint density at radius 3 is 2.56 bits per heavy atom. The Kier molecular flexibility index (Phi) is 3.89. The summed E-state index contributed by atoms with van der Waals surface area (Å²) in [5.74, 6) is 0.831. The number of esters is 1. The van der Waals surface area contributed by atoms with Crippen LogP contribution in [0.5, 0.6) is 0 Å². The first-order chi connectivity index (χ1) is 12.0. The molecule has 1 aromatic heterocycles. The number of piperidine rings is 1. The Balaban J connectivity index is 1.52. The number of carbonyl (C=O) groups excluding carboxylic acids is 1. The average molecular weight is 345 g/mol. The molecule has 2 saturated heterocycles. The van der Waals surface area contributed by atoms with E-state index in [9.17, 15) is 14.9 Å². The van der Waals surface area contributed by atoms with Gasteiger partial charge in [-0.25, -0.2) is 4.98 Å². The van der Waals surface area contributed by atoms with Crippen molar-refractivity contribution in [2.75, 3.05) is 11.5 Å². The zero-order valence-electron chi connectivity index (χ0n) is 14.4. The standard InChI is InChI=1S/C18H23N3O4/c1-2-25-17(22)15-7-8-18(15)9-12-3-4-13(10-18)20(12)16-6-5-14(11-19-16)21(23)24/h5-6,11-13,15H,2-4,7-10H2,1H3. The van der Waals surface area contributed by atoms with Gasteiger partial charge in [0, 0.05) is 18.2 Å². The zero-order valence-corrected chi connectivity index (χ0v) is 14.4. The molecule has 1 saturated carbocycles. The van der Waals surface area contributed by atoms with Crippen LogP contribution < -0.4 is 4.90 Å². The molecule has 3 aliphatic rings. The minimum atomic E-state index is -0.422. The van der Waals surface area contributed by atoms with E-state index in [1.807, 2.05) is 6.92 Å². The first kappa shape index (κ1) is 16.3. The minimum Gasteiger partial charge on any atom is -0.466 e. The smallest absolute Gasteiger partial charge is 0.309 e. The Labute approximate surface area is 146 Å². The SMILES string of the molecule is CCOC(=O)C1CCC12CC1CCC(C2)N1c1ccc([N+](=O)[O-])cn1. The lowest BCUT2D eigenvalue weighted by atomic mass is 9.54. The molecule has 3 unspecified atom stereocenters. The number of anilines is 1. The lowest BCUT2D eigenvalue weighted by Crippen LogP contribution is -2.56. The highest BCUT2D eigenvalue weighted by Crippen LogP contribution is 2.60. The van der Waals surface area contributed by atoms with Crippen molar-refractivity contribution in [3.8, 4) is 0 Å². The molecule has 3 fully saturated rings. The van der Waals surface area contributed by atoms with Gasteiger partial charge in [-0.15, -0.1) is 0 Å². The van der Waals surface area contributed by atoms with E-state index in [0.29, 0.717) is 18.7 Å². The molecule has 3 heterocycles. The van der Waals surface area contributed by atoms with Gasteiger partial charge in [-0.05, 0) is 56.9 Å². The molecule has 0 aromatic carbocycles. The molecule has 7 heteroatoms. The summed E-state index contributed by atoms with van der Waals surface area (Å²) >= 11 is 0. The fraction of sp³-hybridized carbons (Fsp3) is 0.667. The summed E-state index contributed by atoms with van der Waals surface area (Å²) in [6.45, 7) is 2.30. The van der Waals surface area contributed by atoms with Gasteiger partial charge in [-0.2, -0.15) is 0 Å². The summed E-state index contributed by atoms with van der Waals surface area (Å²) in [5, 5.41) is 10.8. The molecule has 4 rings (SSSR count). The first-order valence-corrected chi connectivity index (χ1v) is 9.09. The number of nitrogens with zero attached hydrogens (tertiary/aromatic N) is 3. The summed E-state index contributed by atoms with van der Waals surface area (Å²) in [6, 6.07) is 4.01. The van der Waals surface area contributed by atoms with Crippen molar-refractivity contribution < 1.29 is 14.5 Å². The van der Waals surface area contributed by atoms with Gasteiger partial charge in [-0.3, -0.25) is 14.9 Å². The fourth-order valence-electron chi connectivity index (χ4n) is 5.19. The number of pyridine rings is 1. The van der Waals surface area contributed by atoms with Crippen LogP contribution in [0.2, 0.25) is 0 Å². The van der Waals surface area contributed by atoms with E-state index in [2.05, 4.69) is 9.88 Å². The van der Waals surface area contributed by atoms with Crippen molar-refractivity contribution >= 4 is 17.5 Å². The van der Waals surface area contributed by atoms with E-state index in [4.69, 9.17) is 4.74 Å². The predicted octanol–water partition coefficient (Wildman–Crippen LogP) is 3.08. The molecule has 7 nitrogen and oxygen atoms in total. The van der Waals surface area contributed by atoms with Crippen LogP contribution in [-0.4, -0.2) is 34.6 Å². The van der Waals surface area contributed by atoms with Gasteiger partial charge >= 0.3 is 5.97 Å². The van der Waals surface area contributed by atoms with Gasteiger partial charge in [-0.1, -0.05) is 0 Å². The molecule has 0 N–H and O–H groups in total. The summed E-state index contributed by atoms with van der Waals surface area (Å²) in [6.07, 6.45) is 7.56. The first-order valence-electron chi connectivity index (χ1n) is 9.09. The Bertz CT molecular complexity index is 676. The number of hydrogen-bond acceptors (Lipinski definition) is 6. The van der Waals surface area contributed by atoms with Crippen molar-refractivity contribution in [2.45, 2.75) is 57.5 Å². The van der Waals surface area contributed by atoms with Crippen LogP contribution >= 0.6 is 0 Å². The van der Waals surface area contributed by atoms with E-state index >= 15 is 0 Å². The zero-order chi connectivity index (χ0) is 17.6. The molecule has 1 spiro atoms. The van der Waals surface area contributed by atoms with Gasteiger partial charge in [0.05, 0.1) is 17.4 Å². The second kappa shape index (κ2) is 5.97. The van der Waals surface area contributed by atoms with Crippen LogP contribution in [0.25, 0.3) is 0 Å². The van der Waals surface area contributed by atoms with Crippen LogP contribution in [0.4, 0.5) is 11.5 Å². The van der Waals surface area contributed by atoms with Gasteiger partial charge in [0.2, 0.25) is 0 Å². The Morgan fingerprint density at radius 1 is 1.36 bits per heavy atom. The molecule has 2 bridgehead atoms. The topological polar surface area (TPSA) is 85.6 Å². The molecule has 3 atom stereocenters. The number of hydrogen-bond donors (Lipinski definition) is 0. The Morgan fingerprint density at radius 2 is 2.08 bits per heavy atom. The van der Waals surface area contributed by atoms with Crippen LogP contribution in [-0.2, 0) is 9.53 Å². The number of fused-ring (bicyclic) bond motifs is 2. The second-order valence-corrected chi connectivity index (χ2v) is 7.54. The van der Waals surface area contributed by atoms with Crippen molar-refractivity contribution in [3.05, 3.63) is 28.4 Å². The molecule has 134 valence electrons. The summed E-state index contributed by atoms with van der Waals surface area (Å²) < 4.78 is 5.28. The maximum absolute atomic E-state index is 12.3. The van der Waals surface area contributed by atoms with Crippen molar-refractivity contribution in [3.63, 3.8) is 0 Å². The monoisotopic (exact) mass is 345 g/mol. The molecule has 0 radical (unpaired) electrons.